The molecule has 4 unspecified atom stereocenters. The summed E-state index contributed by atoms with van der Waals surface area (Å²) < 4.78 is 0. The van der Waals surface area contributed by atoms with Gasteiger partial charge in [-0.3, -0.25) is 19.2 Å². The molecule has 4 amide bonds. The molecular weight excluding hydrogens is 444 g/mol. The zero-order chi connectivity index (χ0) is 25.8. The number of rotatable bonds is 15. The maximum Gasteiger partial charge on any atom is 0.326 e. The van der Waals surface area contributed by atoms with E-state index in [1.165, 1.54) is 4.90 Å². The van der Waals surface area contributed by atoms with Crippen molar-refractivity contribution in [1.29, 1.82) is 0 Å². The van der Waals surface area contributed by atoms with Crippen molar-refractivity contribution in [3.05, 3.63) is 0 Å². The molecule has 9 N–H and O–H groups in total. The zero-order valence-corrected chi connectivity index (χ0v) is 20.1. The van der Waals surface area contributed by atoms with E-state index >= 15 is 0 Å². The molecule has 194 valence electrons. The van der Waals surface area contributed by atoms with Gasteiger partial charge in [0.2, 0.25) is 23.6 Å². The lowest BCUT2D eigenvalue weighted by Gasteiger charge is -2.30. The minimum atomic E-state index is -1.30. The molecule has 0 bridgehead atoms. The van der Waals surface area contributed by atoms with Gasteiger partial charge >= 0.3 is 5.97 Å². The number of nitrogens with zero attached hydrogens (tertiary/aromatic N) is 1. The molecule has 1 aliphatic rings. The minimum absolute atomic E-state index is 0.0859. The fourth-order valence-electron chi connectivity index (χ4n) is 3.93. The van der Waals surface area contributed by atoms with Gasteiger partial charge in [0.25, 0.3) is 0 Å². The summed E-state index contributed by atoms with van der Waals surface area (Å²) in [5.74, 6) is -3.34. The van der Waals surface area contributed by atoms with Crippen molar-refractivity contribution < 1.29 is 29.1 Å². The highest BCUT2D eigenvalue weighted by atomic mass is 16.4. The Morgan fingerprint density at radius 1 is 1.06 bits per heavy atom. The molecule has 1 rings (SSSR count). The lowest BCUT2D eigenvalue weighted by Crippen LogP contribution is -2.57. The summed E-state index contributed by atoms with van der Waals surface area (Å²) in [6.07, 6.45) is 2.83. The first-order valence-electron chi connectivity index (χ1n) is 11.9. The summed E-state index contributed by atoms with van der Waals surface area (Å²) in [5, 5.41) is 14.5. The largest absolute Gasteiger partial charge is 0.480 e. The van der Waals surface area contributed by atoms with Gasteiger partial charge in [-0.05, 0) is 51.0 Å². The number of nitrogens with one attached hydrogen (secondary N) is 2. The monoisotopic (exact) mass is 484 g/mol. The molecule has 0 spiro atoms. The maximum absolute atomic E-state index is 13.3. The van der Waals surface area contributed by atoms with Crippen LogP contribution in [0, 0.1) is 5.92 Å². The number of hydrogen-bond donors (Lipinski definition) is 6. The summed E-state index contributed by atoms with van der Waals surface area (Å²) >= 11 is 0. The molecule has 1 saturated heterocycles. The first kappa shape index (κ1) is 29.3. The molecule has 0 radical (unpaired) electrons. The Hall–Kier alpha value is -2.73. The fourth-order valence-corrected chi connectivity index (χ4v) is 3.93. The van der Waals surface area contributed by atoms with Gasteiger partial charge in [-0.2, -0.15) is 0 Å². The van der Waals surface area contributed by atoms with Gasteiger partial charge in [-0.1, -0.05) is 20.3 Å². The summed E-state index contributed by atoms with van der Waals surface area (Å²) in [6, 6.07) is -3.79. The van der Waals surface area contributed by atoms with E-state index in [4.69, 9.17) is 17.2 Å². The molecule has 0 aromatic heterocycles. The van der Waals surface area contributed by atoms with Gasteiger partial charge in [0.15, 0.2) is 0 Å². The van der Waals surface area contributed by atoms with Crippen molar-refractivity contribution in [1.82, 2.24) is 15.5 Å². The van der Waals surface area contributed by atoms with E-state index in [9.17, 15) is 29.1 Å². The second-order valence-corrected chi connectivity index (χ2v) is 9.18. The molecular formula is C22H40N6O6. The Bertz CT molecular complexity index is 731. The van der Waals surface area contributed by atoms with Gasteiger partial charge < -0.3 is 37.8 Å². The minimum Gasteiger partial charge on any atom is -0.480 e. The molecule has 4 atom stereocenters. The van der Waals surface area contributed by atoms with Gasteiger partial charge in [-0.15, -0.1) is 0 Å². The van der Waals surface area contributed by atoms with E-state index in [1.807, 2.05) is 13.8 Å². The number of carbonyl (C=O) groups is 5. The number of carboxylic acid groups (broad SMARTS) is 1. The third-order valence-corrected chi connectivity index (χ3v) is 5.76. The van der Waals surface area contributed by atoms with E-state index in [0.29, 0.717) is 45.2 Å². The lowest BCUT2D eigenvalue weighted by molar-refractivity contribution is -0.145. The number of aliphatic carboxylic acids is 1. The number of nitrogens with two attached hydrogens (primary N) is 3. The van der Waals surface area contributed by atoms with Crippen LogP contribution in [-0.2, 0) is 24.0 Å². The second kappa shape index (κ2) is 14.5. The number of likely N-dealkylation sites (tertiary alicyclic amines) is 1. The van der Waals surface area contributed by atoms with Crippen LogP contribution in [-0.4, -0.2) is 76.9 Å². The number of primary amides is 1. The highest BCUT2D eigenvalue weighted by Gasteiger charge is 2.39. The average molecular weight is 485 g/mol. The van der Waals surface area contributed by atoms with Crippen molar-refractivity contribution in [3.63, 3.8) is 0 Å². The number of carbonyl (C=O) groups excluding carboxylic acids is 4. The van der Waals surface area contributed by atoms with Crippen LogP contribution in [0.5, 0.6) is 0 Å². The molecule has 0 aromatic carbocycles. The quantitative estimate of drug-likeness (QED) is 0.155. The topological polar surface area (TPSA) is 211 Å². The third kappa shape index (κ3) is 9.64. The van der Waals surface area contributed by atoms with Crippen molar-refractivity contribution in [3.8, 4) is 0 Å². The Morgan fingerprint density at radius 3 is 2.29 bits per heavy atom. The number of carboxylic acids is 1. The molecule has 34 heavy (non-hydrogen) atoms. The van der Waals surface area contributed by atoms with Crippen LogP contribution in [0.1, 0.15) is 65.2 Å². The molecule has 1 aliphatic heterocycles. The molecule has 0 aliphatic carbocycles. The van der Waals surface area contributed by atoms with E-state index in [0.717, 1.165) is 6.42 Å². The number of unbranched alkanes of at least 4 members (excludes halogenated alkanes) is 1. The van der Waals surface area contributed by atoms with Gasteiger partial charge in [0.05, 0.1) is 6.04 Å². The van der Waals surface area contributed by atoms with Crippen LogP contribution >= 0.6 is 0 Å². The normalized spacial score (nSPS) is 18.3. The standard InChI is InChI=1S/C22H40N6O6/c1-13(2)12-16(27-19(30)14(24)6-3-4-10-23)21(32)28-11-5-7-17(28)20(31)26-15(22(33)34)8-9-18(25)29/h13-17H,3-12,23-24H2,1-2H3,(H2,25,29)(H,26,31)(H,27,30)(H,33,34). The first-order chi connectivity index (χ1) is 16.0. The zero-order valence-electron chi connectivity index (χ0n) is 20.1. The molecule has 0 saturated carbocycles. The first-order valence-corrected chi connectivity index (χ1v) is 11.9. The number of amides is 4. The molecule has 1 fully saturated rings. The van der Waals surface area contributed by atoms with Crippen LogP contribution in [0.3, 0.4) is 0 Å². The van der Waals surface area contributed by atoms with Gasteiger partial charge in [0.1, 0.15) is 18.1 Å². The SMILES string of the molecule is CC(C)CC(NC(=O)C(N)CCCCN)C(=O)N1CCCC1C(=O)NC(CCC(N)=O)C(=O)O. The predicted molar refractivity (Wildman–Crippen MR) is 125 cm³/mol. The fraction of sp³-hybridized carbons (Fsp3) is 0.773. The summed E-state index contributed by atoms with van der Waals surface area (Å²) in [5.41, 5.74) is 16.5. The molecule has 1 heterocycles. The summed E-state index contributed by atoms with van der Waals surface area (Å²) in [6.45, 7) is 4.64. The van der Waals surface area contributed by atoms with Crippen LogP contribution < -0.4 is 27.8 Å². The Morgan fingerprint density at radius 2 is 1.74 bits per heavy atom. The van der Waals surface area contributed by atoms with Crippen molar-refractivity contribution >= 4 is 29.6 Å². The summed E-state index contributed by atoms with van der Waals surface area (Å²) in [4.78, 5) is 62.6. The van der Waals surface area contributed by atoms with Crippen molar-refractivity contribution in [2.45, 2.75) is 89.4 Å². The van der Waals surface area contributed by atoms with Crippen LogP contribution in [0.4, 0.5) is 0 Å². The second-order valence-electron chi connectivity index (χ2n) is 9.18. The Kier molecular flexibility index (Phi) is 12.5. The van der Waals surface area contributed by atoms with Crippen molar-refractivity contribution in [2.24, 2.45) is 23.1 Å². The molecule has 0 aromatic rings. The van der Waals surface area contributed by atoms with E-state index in [-0.39, 0.29) is 18.8 Å². The average Bonchev–Trinajstić information content (AvgIpc) is 3.24. The predicted octanol–water partition coefficient (Wildman–Crippen LogP) is -1.20. The van der Waals surface area contributed by atoms with E-state index in [2.05, 4.69) is 10.6 Å². The highest BCUT2D eigenvalue weighted by Crippen LogP contribution is 2.21. The molecule has 12 nitrogen and oxygen atoms in total. The Labute approximate surface area is 200 Å². The Balaban J connectivity index is 2.89. The van der Waals surface area contributed by atoms with Gasteiger partial charge in [0, 0.05) is 13.0 Å². The van der Waals surface area contributed by atoms with E-state index < -0.39 is 53.8 Å². The van der Waals surface area contributed by atoms with Crippen LogP contribution in [0.25, 0.3) is 0 Å². The van der Waals surface area contributed by atoms with Gasteiger partial charge in [-0.25, -0.2) is 4.79 Å². The third-order valence-electron chi connectivity index (χ3n) is 5.76. The van der Waals surface area contributed by atoms with Crippen molar-refractivity contribution in [2.75, 3.05) is 13.1 Å². The van der Waals surface area contributed by atoms with Crippen LogP contribution in [0.2, 0.25) is 0 Å². The van der Waals surface area contributed by atoms with Crippen LogP contribution in [0.15, 0.2) is 0 Å². The maximum atomic E-state index is 13.3. The smallest absolute Gasteiger partial charge is 0.326 e. The number of hydrogen-bond acceptors (Lipinski definition) is 7. The molecule has 12 heteroatoms. The highest BCUT2D eigenvalue weighted by molar-refractivity contribution is 5.94. The summed E-state index contributed by atoms with van der Waals surface area (Å²) in [7, 11) is 0. The van der Waals surface area contributed by atoms with E-state index in [1.54, 1.807) is 0 Å². The lowest BCUT2D eigenvalue weighted by atomic mass is 10.0.